The van der Waals surface area contributed by atoms with Gasteiger partial charge in [-0.25, -0.2) is 13.6 Å². The number of carbonyl (C=O) groups is 2. The number of rotatable bonds is 4. The molecular weight excluding hydrogens is 362 g/mol. The van der Waals surface area contributed by atoms with Gasteiger partial charge in [0.1, 0.15) is 11.6 Å². The summed E-state index contributed by atoms with van der Waals surface area (Å²) in [7, 11) is 1.34. The molecule has 0 amide bonds. The van der Waals surface area contributed by atoms with Gasteiger partial charge in [-0.05, 0) is 54.5 Å². The Morgan fingerprint density at radius 1 is 1.25 bits per heavy atom. The van der Waals surface area contributed by atoms with Crippen molar-refractivity contribution in [1.82, 2.24) is 0 Å². The third kappa shape index (κ3) is 6.87. The van der Waals surface area contributed by atoms with E-state index in [-0.39, 0.29) is 11.8 Å². The second kappa shape index (κ2) is 10.7. The van der Waals surface area contributed by atoms with Crippen LogP contribution in [0.2, 0.25) is 0 Å². The molecule has 0 saturated heterocycles. The highest BCUT2D eigenvalue weighted by atomic mass is 19.1. The molecule has 28 heavy (non-hydrogen) atoms. The monoisotopic (exact) mass is 390 g/mol. The van der Waals surface area contributed by atoms with Crippen molar-refractivity contribution in [3.8, 4) is 0 Å². The SMILES string of the molecule is C=C/C(C)=C/C(=O)OC.CC1=C(Cc2cc(F)cc(F)c2)C(=O)CC(C)C1C. The number of ketones is 1. The van der Waals surface area contributed by atoms with Gasteiger partial charge < -0.3 is 4.74 Å². The van der Waals surface area contributed by atoms with Crippen molar-refractivity contribution < 1.29 is 23.1 Å². The lowest BCUT2D eigenvalue weighted by molar-refractivity contribution is -0.134. The van der Waals surface area contributed by atoms with Gasteiger partial charge in [0, 0.05) is 25.0 Å². The van der Waals surface area contributed by atoms with E-state index in [2.05, 4.69) is 25.2 Å². The molecule has 0 radical (unpaired) electrons. The number of ether oxygens (including phenoxy) is 1. The fourth-order valence-corrected chi connectivity index (χ4v) is 2.97. The van der Waals surface area contributed by atoms with Gasteiger partial charge in [-0.1, -0.05) is 32.1 Å². The van der Waals surface area contributed by atoms with E-state index >= 15 is 0 Å². The number of carbonyl (C=O) groups excluding carboxylic acids is 2. The van der Waals surface area contributed by atoms with Gasteiger partial charge in [-0.2, -0.15) is 0 Å². The summed E-state index contributed by atoms with van der Waals surface area (Å²) < 4.78 is 30.7. The van der Waals surface area contributed by atoms with E-state index in [1.807, 2.05) is 6.92 Å². The lowest BCUT2D eigenvalue weighted by atomic mass is 9.75. The summed E-state index contributed by atoms with van der Waals surface area (Å²) in [6.07, 6.45) is 3.81. The van der Waals surface area contributed by atoms with Crippen LogP contribution in [0.1, 0.15) is 39.7 Å². The van der Waals surface area contributed by atoms with Gasteiger partial charge in [-0.3, -0.25) is 4.79 Å². The molecule has 2 atom stereocenters. The Morgan fingerprint density at radius 3 is 2.32 bits per heavy atom. The smallest absolute Gasteiger partial charge is 0.330 e. The van der Waals surface area contributed by atoms with Crippen LogP contribution in [0, 0.1) is 23.5 Å². The summed E-state index contributed by atoms with van der Waals surface area (Å²) in [5.74, 6) is -0.761. The van der Waals surface area contributed by atoms with Crippen LogP contribution in [0.15, 0.2) is 53.6 Å². The minimum absolute atomic E-state index is 0.104. The maximum Gasteiger partial charge on any atom is 0.330 e. The van der Waals surface area contributed by atoms with Crippen LogP contribution in [0.4, 0.5) is 8.78 Å². The van der Waals surface area contributed by atoms with Gasteiger partial charge in [0.2, 0.25) is 0 Å². The van der Waals surface area contributed by atoms with Crippen molar-refractivity contribution in [2.75, 3.05) is 7.11 Å². The van der Waals surface area contributed by atoms with Crippen LogP contribution in [-0.2, 0) is 20.7 Å². The Balaban J connectivity index is 0.000000370. The third-order valence-corrected chi connectivity index (χ3v) is 5.03. The lowest BCUT2D eigenvalue weighted by Crippen LogP contribution is -2.24. The van der Waals surface area contributed by atoms with Crippen molar-refractivity contribution in [2.45, 2.75) is 40.5 Å². The Labute approximate surface area is 165 Å². The molecule has 152 valence electrons. The number of hydrogen-bond donors (Lipinski definition) is 0. The fraction of sp³-hybridized carbons (Fsp3) is 0.391. The molecule has 0 saturated carbocycles. The first-order valence-electron chi connectivity index (χ1n) is 9.15. The van der Waals surface area contributed by atoms with Crippen LogP contribution < -0.4 is 0 Å². The molecule has 0 heterocycles. The van der Waals surface area contributed by atoms with E-state index in [9.17, 15) is 18.4 Å². The molecule has 0 N–H and O–H groups in total. The molecule has 3 nitrogen and oxygen atoms in total. The summed E-state index contributed by atoms with van der Waals surface area (Å²) in [5, 5.41) is 0. The first kappa shape index (κ1) is 23.5. The second-order valence-corrected chi connectivity index (χ2v) is 7.12. The predicted octanol–water partition coefficient (Wildman–Crippen LogP) is 5.36. The summed E-state index contributed by atoms with van der Waals surface area (Å²) in [4.78, 5) is 22.5. The van der Waals surface area contributed by atoms with Crippen molar-refractivity contribution in [2.24, 2.45) is 11.8 Å². The molecule has 2 rings (SSSR count). The zero-order chi connectivity index (χ0) is 21.4. The highest BCUT2D eigenvalue weighted by molar-refractivity contribution is 5.97. The van der Waals surface area contributed by atoms with Crippen molar-refractivity contribution in [1.29, 1.82) is 0 Å². The van der Waals surface area contributed by atoms with Gasteiger partial charge in [0.25, 0.3) is 0 Å². The molecule has 0 aromatic heterocycles. The van der Waals surface area contributed by atoms with Gasteiger partial charge in [-0.15, -0.1) is 0 Å². The molecule has 1 aliphatic rings. The molecule has 1 aromatic rings. The number of allylic oxidation sites excluding steroid dienone is 4. The van der Waals surface area contributed by atoms with Crippen molar-refractivity contribution in [3.05, 3.63) is 70.8 Å². The summed E-state index contributed by atoms with van der Waals surface area (Å²) >= 11 is 0. The van der Waals surface area contributed by atoms with Crippen LogP contribution >= 0.6 is 0 Å². The average molecular weight is 390 g/mol. The third-order valence-electron chi connectivity index (χ3n) is 5.03. The van der Waals surface area contributed by atoms with Gasteiger partial charge in [0.15, 0.2) is 5.78 Å². The molecule has 0 aliphatic heterocycles. The fourth-order valence-electron chi connectivity index (χ4n) is 2.97. The zero-order valence-electron chi connectivity index (χ0n) is 17.1. The molecule has 2 unspecified atom stereocenters. The Hall–Kier alpha value is -2.56. The molecule has 1 aliphatic carbocycles. The summed E-state index contributed by atoms with van der Waals surface area (Å²) in [6, 6.07) is 3.43. The highest BCUT2D eigenvalue weighted by Crippen LogP contribution is 2.33. The largest absolute Gasteiger partial charge is 0.466 e. The minimum Gasteiger partial charge on any atom is -0.466 e. The number of esters is 1. The number of halogens is 2. The molecule has 5 heteroatoms. The molecule has 0 bridgehead atoms. The number of benzene rings is 1. The van der Waals surface area contributed by atoms with E-state index in [4.69, 9.17) is 0 Å². The predicted molar refractivity (Wildman–Crippen MR) is 107 cm³/mol. The zero-order valence-corrected chi connectivity index (χ0v) is 17.1. The Bertz CT molecular complexity index is 786. The van der Waals surface area contributed by atoms with E-state index in [0.29, 0.717) is 30.2 Å². The highest BCUT2D eigenvalue weighted by Gasteiger charge is 2.28. The maximum atomic E-state index is 13.2. The van der Waals surface area contributed by atoms with Gasteiger partial charge in [0.05, 0.1) is 7.11 Å². The molecule has 0 fully saturated rings. The minimum atomic E-state index is -0.599. The number of hydrogen-bond acceptors (Lipinski definition) is 3. The van der Waals surface area contributed by atoms with E-state index in [1.54, 1.807) is 13.0 Å². The standard InChI is InChI=1S/C16H18F2O.C7H10O2/c1-9-4-16(19)15(11(3)10(9)2)7-12-5-13(17)8-14(18)6-12;1-4-6(2)5-7(8)9-3/h5-6,8-10H,4,7H2,1-3H3;4-5H,1H2,2-3H3/b;6-5+. The molecular formula is C23H28F2O3. The summed E-state index contributed by atoms with van der Waals surface area (Å²) in [6.45, 7) is 11.4. The maximum absolute atomic E-state index is 13.2. The second-order valence-electron chi connectivity index (χ2n) is 7.12. The first-order valence-corrected chi connectivity index (χ1v) is 9.15. The van der Waals surface area contributed by atoms with Crippen LogP contribution in [-0.4, -0.2) is 18.9 Å². The first-order chi connectivity index (χ1) is 13.1. The Kier molecular flexibility index (Phi) is 8.97. The van der Waals surface area contributed by atoms with Crippen molar-refractivity contribution in [3.63, 3.8) is 0 Å². The summed E-state index contributed by atoms with van der Waals surface area (Å²) in [5.41, 5.74) is 3.09. The van der Waals surface area contributed by atoms with Crippen molar-refractivity contribution >= 4 is 11.8 Å². The lowest BCUT2D eigenvalue weighted by Gasteiger charge is -2.28. The molecule has 1 aromatic carbocycles. The van der Waals surface area contributed by atoms with E-state index in [1.165, 1.54) is 25.3 Å². The molecule has 0 spiro atoms. The number of Topliss-reactive ketones (excluding diaryl/α,β-unsaturated/α-hetero) is 1. The topological polar surface area (TPSA) is 43.4 Å². The van der Waals surface area contributed by atoms with E-state index < -0.39 is 11.6 Å². The van der Waals surface area contributed by atoms with Crippen LogP contribution in [0.3, 0.4) is 0 Å². The van der Waals surface area contributed by atoms with E-state index in [0.717, 1.165) is 22.8 Å². The van der Waals surface area contributed by atoms with Gasteiger partial charge >= 0.3 is 5.97 Å². The quantitative estimate of drug-likeness (QED) is 0.395. The normalized spacial score (nSPS) is 19.7. The Morgan fingerprint density at radius 2 is 1.82 bits per heavy atom. The van der Waals surface area contributed by atoms with Crippen LogP contribution in [0.5, 0.6) is 0 Å². The number of methoxy groups -OCH3 is 1. The van der Waals surface area contributed by atoms with Crippen LogP contribution in [0.25, 0.3) is 0 Å². The average Bonchev–Trinajstić information content (AvgIpc) is 2.63.